The Hall–Kier alpha value is -3.08. The molecular formula is C19H21N5O5. The van der Waals surface area contributed by atoms with E-state index >= 15 is 0 Å². The van der Waals surface area contributed by atoms with Crippen molar-refractivity contribution >= 4 is 22.9 Å². The van der Waals surface area contributed by atoms with Gasteiger partial charge in [-0.1, -0.05) is 25.1 Å². The van der Waals surface area contributed by atoms with E-state index in [2.05, 4.69) is 20.3 Å². The number of hydrogen-bond donors (Lipinski definition) is 3. The van der Waals surface area contributed by atoms with Crippen LogP contribution in [-0.2, 0) is 4.74 Å². The van der Waals surface area contributed by atoms with Gasteiger partial charge in [-0.25, -0.2) is 14.5 Å². The highest BCUT2D eigenvalue weighted by Gasteiger charge is 2.44. The molecule has 152 valence electrons. The van der Waals surface area contributed by atoms with Crippen LogP contribution in [0.2, 0.25) is 0 Å². The van der Waals surface area contributed by atoms with Crippen molar-refractivity contribution in [3.63, 3.8) is 0 Å². The fourth-order valence-electron chi connectivity index (χ4n) is 3.40. The summed E-state index contributed by atoms with van der Waals surface area (Å²) in [6.07, 6.45) is -1.92. The van der Waals surface area contributed by atoms with Crippen molar-refractivity contribution in [1.82, 2.24) is 19.5 Å². The Balaban J connectivity index is 1.74. The fraction of sp³-hybridized carbons (Fsp3) is 0.368. The first-order valence-electron chi connectivity index (χ1n) is 9.20. The number of carbonyl (C=O) groups excluding carboxylic acids is 1. The minimum absolute atomic E-state index is 0.115. The molecule has 1 saturated heterocycles. The highest BCUT2D eigenvalue weighted by molar-refractivity contribution is 6.06. The molecular weight excluding hydrogens is 378 g/mol. The molecule has 3 N–H and O–H groups in total. The number of benzene rings is 1. The van der Waals surface area contributed by atoms with E-state index in [0.29, 0.717) is 17.6 Å². The Morgan fingerprint density at radius 2 is 2.00 bits per heavy atom. The van der Waals surface area contributed by atoms with Gasteiger partial charge in [0.2, 0.25) is 0 Å². The Bertz CT molecular complexity index is 1020. The second-order valence-corrected chi connectivity index (χ2v) is 6.64. The van der Waals surface area contributed by atoms with Gasteiger partial charge in [-0.05, 0) is 18.6 Å². The number of anilines is 1. The Labute approximate surface area is 166 Å². The van der Waals surface area contributed by atoms with Crippen molar-refractivity contribution in [3.05, 3.63) is 42.2 Å². The van der Waals surface area contributed by atoms with Gasteiger partial charge in [0.05, 0.1) is 13.2 Å². The Morgan fingerprint density at radius 3 is 2.66 bits per heavy atom. The van der Waals surface area contributed by atoms with Crippen LogP contribution in [0, 0.1) is 0 Å². The maximum Gasteiger partial charge on any atom is 0.300 e. The van der Waals surface area contributed by atoms with Crippen molar-refractivity contribution < 1.29 is 24.5 Å². The van der Waals surface area contributed by atoms with Gasteiger partial charge in [0.15, 0.2) is 23.2 Å². The number of fused-ring (bicyclic) bond motifs is 1. The van der Waals surface area contributed by atoms with E-state index in [4.69, 9.17) is 9.47 Å². The van der Waals surface area contributed by atoms with Crippen LogP contribution in [0.1, 0.15) is 29.9 Å². The van der Waals surface area contributed by atoms with Gasteiger partial charge < -0.3 is 25.0 Å². The predicted molar refractivity (Wildman–Crippen MR) is 102 cm³/mol. The first kappa shape index (κ1) is 19.2. The second kappa shape index (κ2) is 7.74. The van der Waals surface area contributed by atoms with Crippen molar-refractivity contribution in [3.8, 4) is 6.01 Å². The summed E-state index contributed by atoms with van der Waals surface area (Å²) in [6, 6.07) is 8.82. The second-order valence-electron chi connectivity index (χ2n) is 6.64. The molecule has 0 aliphatic carbocycles. The SMILES string of the molecule is CC[C@H]1O[C@@H](n2c(OC)nc3c(NC(=O)c4ccccc4)ncnc32)[C@H](O)[C@@H]1O. The predicted octanol–water partition coefficient (Wildman–Crippen LogP) is 1.12. The molecule has 4 rings (SSSR count). The minimum Gasteiger partial charge on any atom is -0.468 e. The van der Waals surface area contributed by atoms with Gasteiger partial charge in [-0.2, -0.15) is 4.98 Å². The zero-order valence-electron chi connectivity index (χ0n) is 15.9. The van der Waals surface area contributed by atoms with Gasteiger partial charge in [0.25, 0.3) is 5.91 Å². The number of rotatable bonds is 5. The monoisotopic (exact) mass is 399 g/mol. The van der Waals surface area contributed by atoms with Crippen LogP contribution < -0.4 is 10.1 Å². The number of nitrogens with zero attached hydrogens (tertiary/aromatic N) is 4. The molecule has 0 spiro atoms. The number of carbonyl (C=O) groups is 1. The third kappa shape index (κ3) is 3.31. The first-order valence-corrected chi connectivity index (χ1v) is 9.20. The van der Waals surface area contributed by atoms with E-state index in [1.807, 2.05) is 13.0 Å². The average molecular weight is 399 g/mol. The number of aliphatic hydroxyl groups is 2. The lowest BCUT2D eigenvalue weighted by molar-refractivity contribution is -0.0390. The van der Waals surface area contributed by atoms with E-state index in [-0.39, 0.29) is 23.3 Å². The molecule has 1 amide bonds. The van der Waals surface area contributed by atoms with Crippen LogP contribution in [-0.4, -0.2) is 61.1 Å². The van der Waals surface area contributed by atoms with Crippen LogP contribution in [0.5, 0.6) is 6.01 Å². The zero-order chi connectivity index (χ0) is 20.5. The smallest absolute Gasteiger partial charge is 0.300 e. The lowest BCUT2D eigenvalue weighted by Gasteiger charge is -2.18. The minimum atomic E-state index is -1.19. The summed E-state index contributed by atoms with van der Waals surface area (Å²) < 4.78 is 12.6. The molecule has 1 aliphatic rings. The van der Waals surface area contributed by atoms with Gasteiger partial charge >= 0.3 is 6.01 Å². The fourth-order valence-corrected chi connectivity index (χ4v) is 3.40. The maximum absolute atomic E-state index is 12.5. The summed E-state index contributed by atoms with van der Waals surface area (Å²) in [6.45, 7) is 1.85. The molecule has 1 aliphatic heterocycles. The highest BCUT2D eigenvalue weighted by Crippen LogP contribution is 2.37. The molecule has 10 heteroatoms. The molecule has 3 heterocycles. The van der Waals surface area contributed by atoms with Gasteiger partial charge in [0, 0.05) is 5.56 Å². The molecule has 29 heavy (non-hydrogen) atoms. The topological polar surface area (TPSA) is 132 Å². The molecule has 0 saturated carbocycles. The normalized spacial score (nSPS) is 24.0. The number of imidazole rings is 1. The van der Waals surface area contributed by atoms with Crippen LogP contribution in [0.4, 0.5) is 5.82 Å². The maximum atomic E-state index is 12.5. The first-order chi connectivity index (χ1) is 14.0. The summed E-state index contributed by atoms with van der Waals surface area (Å²) in [5, 5.41) is 23.4. The third-order valence-electron chi connectivity index (χ3n) is 4.89. The van der Waals surface area contributed by atoms with Crippen molar-refractivity contribution in [2.75, 3.05) is 12.4 Å². The summed E-state index contributed by atoms with van der Waals surface area (Å²) in [5.41, 5.74) is 1.04. The Morgan fingerprint density at radius 1 is 1.24 bits per heavy atom. The summed E-state index contributed by atoms with van der Waals surface area (Å²) in [5.74, 6) is -0.154. The molecule has 2 aromatic heterocycles. The van der Waals surface area contributed by atoms with Crippen LogP contribution in [0.3, 0.4) is 0 Å². The van der Waals surface area contributed by atoms with Crippen LogP contribution in [0.15, 0.2) is 36.7 Å². The molecule has 0 radical (unpaired) electrons. The average Bonchev–Trinajstić information content (AvgIpc) is 3.26. The van der Waals surface area contributed by atoms with Gasteiger partial charge in [-0.15, -0.1) is 0 Å². The molecule has 3 aromatic rings. The summed E-state index contributed by atoms with van der Waals surface area (Å²) >= 11 is 0. The number of aliphatic hydroxyl groups excluding tert-OH is 2. The summed E-state index contributed by atoms with van der Waals surface area (Å²) in [7, 11) is 1.42. The third-order valence-corrected chi connectivity index (χ3v) is 4.89. The van der Waals surface area contributed by atoms with Gasteiger partial charge in [0.1, 0.15) is 18.5 Å². The lowest BCUT2D eigenvalue weighted by atomic mass is 10.1. The number of hydrogen-bond acceptors (Lipinski definition) is 8. The molecule has 1 aromatic carbocycles. The number of nitrogens with one attached hydrogen (secondary N) is 1. The van der Waals surface area contributed by atoms with E-state index in [0.717, 1.165) is 0 Å². The van der Waals surface area contributed by atoms with Crippen molar-refractivity contribution in [2.24, 2.45) is 0 Å². The number of amides is 1. The standard InChI is InChI=1S/C19H21N5O5/c1-3-11-13(25)14(26)18(29-11)24-16-12(22-19(24)28-2)15(20-9-21-16)23-17(27)10-7-5-4-6-8-10/h4-9,11,13-14,18,25-26H,3H2,1-2H3,(H,20,21,23,27)/t11-,13-,14-,18-/m1/s1. The molecule has 4 atom stereocenters. The lowest BCUT2D eigenvalue weighted by Crippen LogP contribution is -2.31. The number of methoxy groups -OCH3 is 1. The quantitative estimate of drug-likeness (QED) is 0.581. The number of aromatic nitrogens is 4. The highest BCUT2D eigenvalue weighted by atomic mass is 16.6. The van der Waals surface area contributed by atoms with E-state index in [1.54, 1.807) is 24.3 Å². The van der Waals surface area contributed by atoms with E-state index in [1.165, 1.54) is 18.0 Å². The van der Waals surface area contributed by atoms with Crippen molar-refractivity contribution in [1.29, 1.82) is 0 Å². The summed E-state index contributed by atoms with van der Waals surface area (Å²) in [4.78, 5) is 25.2. The van der Waals surface area contributed by atoms with E-state index < -0.39 is 24.5 Å². The largest absolute Gasteiger partial charge is 0.468 e. The molecule has 0 bridgehead atoms. The number of ether oxygens (including phenoxy) is 2. The van der Waals surface area contributed by atoms with Crippen molar-refractivity contribution in [2.45, 2.75) is 37.9 Å². The zero-order valence-corrected chi connectivity index (χ0v) is 15.9. The molecule has 1 fully saturated rings. The van der Waals surface area contributed by atoms with E-state index in [9.17, 15) is 15.0 Å². The van der Waals surface area contributed by atoms with Crippen LogP contribution >= 0.6 is 0 Å². The van der Waals surface area contributed by atoms with Crippen LogP contribution in [0.25, 0.3) is 11.2 Å². The molecule has 10 nitrogen and oxygen atoms in total. The molecule has 0 unspecified atom stereocenters. The Kier molecular flexibility index (Phi) is 5.14. The van der Waals surface area contributed by atoms with Gasteiger partial charge in [-0.3, -0.25) is 4.79 Å².